The number of ether oxygens (including phenoxy) is 1. The average Bonchev–Trinajstić information content (AvgIpc) is 3.08. The standard InChI is InChI=1S/C14H17N3O/c1-18-14-9-13(11-5-3-2-4-6-11)16-17(14)12-7-8-15-10-12/h2-6,9,12,15H,7-8,10H2,1H3. The first-order valence-electron chi connectivity index (χ1n) is 6.28. The smallest absolute Gasteiger partial charge is 0.212 e. The van der Waals surface area contributed by atoms with Gasteiger partial charge in [0.25, 0.3) is 0 Å². The monoisotopic (exact) mass is 243 g/mol. The first-order chi connectivity index (χ1) is 8.88. The van der Waals surface area contributed by atoms with Crippen molar-refractivity contribution in [3.05, 3.63) is 36.4 Å². The number of rotatable bonds is 3. The molecule has 3 rings (SSSR count). The molecular weight excluding hydrogens is 226 g/mol. The normalized spacial score (nSPS) is 19.1. The van der Waals surface area contributed by atoms with Gasteiger partial charge in [0.2, 0.25) is 5.88 Å². The molecule has 2 heterocycles. The first kappa shape index (κ1) is 11.3. The van der Waals surface area contributed by atoms with Crippen LogP contribution >= 0.6 is 0 Å². The molecule has 0 spiro atoms. The second-order valence-corrected chi connectivity index (χ2v) is 4.53. The van der Waals surface area contributed by atoms with E-state index >= 15 is 0 Å². The number of hydrogen-bond acceptors (Lipinski definition) is 3. The number of methoxy groups -OCH3 is 1. The predicted molar refractivity (Wildman–Crippen MR) is 70.7 cm³/mol. The summed E-state index contributed by atoms with van der Waals surface area (Å²) in [7, 11) is 1.70. The van der Waals surface area contributed by atoms with Crippen molar-refractivity contribution in [3.63, 3.8) is 0 Å². The van der Waals surface area contributed by atoms with Crippen LogP contribution in [0.1, 0.15) is 12.5 Å². The summed E-state index contributed by atoms with van der Waals surface area (Å²) in [5, 5.41) is 8.04. The Bertz CT molecular complexity index is 515. The maximum absolute atomic E-state index is 5.43. The van der Waals surface area contributed by atoms with Gasteiger partial charge in [0.05, 0.1) is 18.8 Å². The number of nitrogens with zero attached hydrogens (tertiary/aromatic N) is 2. The minimum absolute atomic E-state index is 0.400. The molecule has 0 saturated carbocycles. The van der Waals surface area contributed by atoms with Crippen LogP contribution in [0.15, 0.2) is 36.4 Å². The van der Waals surface area contributed by atoms with E-state index < -0.39 is 0 Å². The zero-order valence-corrected chi connectivity index (χ0v) is 10.5. The number of aromatic nitrogens is 2. The zero-order valence-electron chi connectivity index (χ0n) is 10.5. The van der Waals surface area contributed by atoms with E-state index in [9.17, 15) is 0 Å². The van der Waals surface area contributed by atoms with E-state index in [-0.39, 0.29) is 0 Å². The van der Waals surface area contributed by atoms with Crippen molar-refractivity contribution in [2.75, 3.05) is 20.2 Å². The van der Waals surface area contributed by atoms with Crippen molar-refractivity contribution in [2.24, 2.45) is 0 Å². The van der Waals surface area contributed by atoms with Gasteiger partial charge in [-0.2, -0.15) is 5.10 Å². The van der Waals surface area contributed by atoms with Crippen LogP contribution in [-0.2, 0) is 0 Å². The second kappa shape index (κ2) is 4.82. The van der Waals surface area contributed by atoms with Gasteiger partial charge in [-0.3, -0.25) is 0 Å². The zero-order chi connectivity index (χ0) is 12.4. The second-order valence-electron chi connectivity index (χ2n) is 4.53. The molecule has 1 fully saturated rings. The number of benzene rings is 1. The van der Waals surface area contributed by atoms with E-state index in [0.717, 1.165) is 36.6 Å². The Morgan fingerprint density at radius 3 is 2.83 bits per heavy atom. The predicted octanol–water partition coefficient (Wildman–Crippen LogP) is 2.09. The van der Waals surface area contributed by atoms with Crippen LogP contribution in [0.2, 0.25) is 0 Å². The molecular formula is C14H17N3O. The third kappa shape index (κ3) is 1.99. The van der Waals surface area contributed by atoms with E-state index in [4.69, 9.17) is 4.74 Å². The van der Waals surface area contributed by atoms with Crippen LogP contribution < -0.4 is 10.1 Å². The summed E-state index contributed by atoms with van der Waals surface area (Å²) in [4.78, 5) is 0. The molecule has 1 aromatic heterocycles. The van der Waals surface area contributed by atoms with Crippen molar-refractivity contribution < 1.29 is 4.74 Å². The lowest BCUT2D eigenvalue weighted by molar-refractivity contribution is 0.337. The van der Waals surface area contributed by atoms with E-state index in [1.54, 1.807) is 7.11 Å². The third-order valence-electron chi connectivity index (χ3n) is 3.36. The van der Waals surface area contributed by atoms with Crippen molar-refractivity contribution in [1.82, 2.24) is 15.1 Å². The minimum atomic E-state index is 0.400. The molecule has 1 aliphatic heterocycles. The fraction of sp³-hybridized carbons (Fsp3) is 0.357. The van der Waals surface area contributed by atoms with Crippen molar-refractivity contribution in [3.8, 4) is 17.1 Å². The molecule has 0 bridgehead atoms. The van der Waals surface area contributed by atoms with Crippen molar-refractivity contribution in [1.29, 1.82) is 0 Å². The van der Waals surface area contributed by atoms with Gasteiger partial charge in [0.1, 0.15) is 0 Å². The Morgan fingerprint density at radius 1 is 1.33 bits per heavy atom. The molecule has 0 amide bonds. The molecule has 1 aliphatic rings. The summed E-state index contributed by atoms with van der Waals surface area (Å²) >= 11 is 0. The van der Waals surface area contributed by atoms with Gasteiger partial charge < -0.3 is 10.1 Å². The molecule has 1 atom stereocenters. The van der Waals surface area contributed by atoms with Gasteiger partial charge >= 0.3 is 0 Å². The molecule has 0 radical (unpaired) electrons. The average molecular weight is 243 g/mol. The lowest BCUT2D eigenvalue weighted by Crippen LogP contribution is -2.15. The summed E-state index contributed by atoms with van der Waals surface area (Å²) < 4.78 is 7.43. The van der Waals surface area contributed by atoms with Crippen LogP contribution in [0.4, 0.5) is 0 Å². The molecule has 18 heavy (non-hydrogen) atoms. The van der Waals surface area contributed by atoms with Gasteiger partial charge in [0.15, 0.2) is 0 Å². The van der Waals surface area contributed by atoms with Gasteiger partial charge in [-0.05, 0) is 13.0 Å². The summed E-state index contributed by atoms with van der Waals surface area (Å²) in [6.45, 7) is 2.01. The third-order valence-corrected chi connectivity index (χ3v) is 3.36. The summed E-state index contributed by atoms with van der Waals surface area (Å²) in [5.74, 6) is 0.836. The van der Waals surface area contributed by atoms with E-state index in [2.05, 4.69) is 22.5 Å². The van der Waals surface area contributed by atoms with Crippen LogP contribution in [-0.4, -0.2) is 30.0 Å². The largest absolute Gasteiger partial charge is 0.481 e. The SMILES string of the molecule is COc1cc(-c2ccccc2)nn1C1CCNC1. The maximum Gasteiger partial charge on any atom is 0.212 e. The molecule has 1 saturated heterocycles. The maximum atomic E-state index is 5.43. The Labute approximate surface area is 107 Å². The topological polar surface area (TPSA) is 39.1 Å². The van der Waals surface area contributed by atoms with Gasteiger partial charge in [0, 0.05) is 18.2 Å². The quantitative estimate of drug-likeness (QED) is 0.897. The Kier molecular flexibility index (Phi) is 3.02. The molecule has 94 valence electrons. The Balaban J connectivity index is 1.97. The fourth-order valence-corrected chi connectivity index (χ4v) is 2.39. The van der Waals surface area contributed by atoms with E-state index in [0.29, 0.717) is 6.04 Å². The molecule has 4 heteroatoms. The van der Waals surface area contributed by atoms with Gasteiger partial charge in [-0.25, -0.2) is 4.68 Å². The minimum Gasteiger partial charge on any atom is -0.481 e. The van der Waals surface area contributed by atoms with Crippen molar-refractivity contribution >= 4 is 0 Å². The number of hydrogen-bond donors (Lipinski definition) is 1. The highest BCUT2D eigenvalue weighted by Crippen LogP contribution is 2.27. The van der Waals surface area contributed by atoms with Crippen LogP contribution in [0.5, 0.6) is 5.88 Å². The lowest BCUT2D eigenvalue weighted by Gasteiger charge is -2.11. The van der Waals surface area contributed by atoms with Crippen LogP contribution in [0.3, 0.4) is 0 Å². The lowest BCUT2D eigenvalue weighted by atomic mass is 10.2. The molecule has 1 aromatic carbocycles. The fourth-order valence-electron chi connectivity index (χ4n) is 2.39. The summed E-state index contributed by atoms with van der Waals surface area (Å²) in [6, 6.07) is 12.6. The van der Waals surface area contributed by atoms with E-state index in [1.807, 2.05) is 28.9 Å². The van der Waals surface area contributed by atoms with Gasteiger partial charge in [-0.1, -0.05) is 30.3 Å². The number of nitrogens with one attached hydrogen (secondary N) is 1. The van der Waals surface area contributed by atoms with E-state index in [1.165, 1.54) is 0 Å². The molecule has 1 unspecified atom stereocenters. The highest BCUT2D eigenvalue weighted by molar-refractivity contribution is 5.60. The first-order valence-corrected chi connectivity index (χ1v) is 6.28. The molecule has 2 aromatic rings. The Hall–Kier alpha value is -1.81. The highest BCUT2D eigenvalue weighted by Gasteiger charge is 2.21. The van der Waals surface area contributed by atoms with Crippen molar-refractivity contribution in [2.45, 2.75) is 12.5 Å². The molecule has 0 aliphatic carbocycles. The van der Waals surface area contributed by atoms with Gasteiger partial charge in [-0.15, -0.1) is 0 Å². The summed E-state index contributed by atoms with van der Waals surface area (Å²) in [6.07, 6.45) is 1.10. The molecule has 4 nitrogen and oxygen atoms in total. The molecule has 1 N–H and O–H groups in total. The Morgan fingerprint density at radius 2 is 2.17 bits per heavy atom. The van der Waals surface area contributed by atoms with Crippen LogP contribution in [0, 0.1) is 0 Å². The summed E-state index contributed by atoms with van der Waals surface area (Å²) in [5.41, 5.74) is 2.10. The van der Waals surface area contributed by atoms with Crippen LogP contribution in [0.25, 0.3) is 11.3 Å². The highest BCUT2D eigenvalue weighted by atomic mass is 16.5.